The van der Waals surface area contributed by atoms with Gasteiger partial charge in [-0.2, -0.15) is 0 Å². The van der Waals surface area contributed by atoms with E-state index in [1.54, 1.807) is 0 Å². The van der Waals surface area contributed by atoms with Gasteiger partial charge in [0.1, 0.15) is 0 Å². The Balaban J connectivity index is 1.21. The van der Waals surface area contributed by atoms with E-state index in [0.717, 1.165) is 5.69 Å². The van der Waals surface area contributed by atoms with E-state index in [0.29, 0.717) is 0 Å². The minimum absolute atomic E-state index is 0.0204. The van der Waals surface area contributed by atoms with Gasteiger partial charge < -0.3 is 18.8 Å². The zero-order valence-electron chi connectivity index (χ0n) is 30.3. The molecule has 4 nitrogen and oxygen atoms in total. The minimum Gasteiger partial charge on any atom is -0.382 e. The lowest BCUT2D eigenvalue weighted by Gasteiger charge is -2.46. The van der Waals surface area contributed by atoms with Crippen LogP contribution >= 0.6 is 0 Å². The molecule has 0 bridgehead atoms. The molecule has 4 aliphatic rings. The number of hydrogen-bond acceptors (Lipinski definition) is 2. The second-order valence-electron chi connectivity index (χ2n) is 15.7. The molecule has 0 saturated heterocycles. The molecule has 0 amide bonds. The maximum absolute atomic E-state index is 2.59. The lowest BCUT2D eigenvalue weighted by molar-refractivity contribution is 1.21. The van der Waals surface area contributed by atoms with Gasteiger partial charge in [-0.1, -0.05) is 115 Å². The van der Waals surface area contributed by atoms with Crippen LogP contribution in [-0.2, 0) is 0 Å². The largest absolute Gasteiger partial charge is 0.382 e. The van der Waals surface area contributed by atoms with Crippen molar-refractivity contribution >= 4 is 102 Å². The SMILES string of the molecule is c1ccc(N2c3cc4ccccc4cc3B3c4c2cc2c(c4-c4cccc5ccn3c45)N(c3ccccc3)c3cccc4c3B2n2ccc3cccc-4c32)cc1. The molecular weight excluding hydrogens is 678 g/mol. The molecule has 0 unspecified atom stereocenters. The lowest BCUT2D eigenvalue weighted by atomic mass is 9.41. The standard InChI is InChI=1S/C50H30B2N4/c1-3-16-35(17-4-1)55-43-29-34-13-8-7-12-33(34)28-40(43)51-47-44(55)30-41-50(45(47)39-22-10-15-32-25-27-54(51)49(32)39)56(36-18-5-2-6-19-36)42-23-11-20-37-38-21-9-14-31-24-26-53(48(31)38)52(41)46(37)42/h1-30H. The van der Waals surface area contributed by atoms with Crippen molar-refractivity contribution in [1.82, 2.24) is 8.96 Å². The first kappa shape index (κ1) is 29.2. The van der Waals surface area contributed by atoms with Crippen LogP contribution in [0.3, 0.4) is 0 Å². The molecule has 0 spiro atoms. The van der Waals surface area contributed by atoms with Crippen LogP contribution in [0.2, 0.25) is 0 Å². The number of hydrogen-bond donors (Lipinski definition) is 0. The Kier molecular flexibility index (Phi) is 5.38. The van der Waals surface area contributed by atoms with E-state index < -0.39 is 0 Å². The Morgan fingerprint density at radius 3 is 1.66 bits per heavy atom. The molecule has 0 fully saturated rings. The van der Waals surface area contributed by atoms with Gasteiger partial charge in [0.05, 0.1) is 5.69 Å². The molecule has 10 aromatic rings. The third-order valence-electron chi connectivity index (χ3n) is 13.0. The molecule has 56 heavy (non-hydrogen) atoms. The van der Waals surface area contributed by atoms with Crippen LogP contribution in [0.15, 0.2) is 182 Å². The summed E-state index contributed by atoms with van der Waals surface area (Å²) in [5.41, 5.74) is 20.5. The Labute approximate surface area is 324 Å². The van der Waals surface area contributed by atoms with Crippen LogP contribution in [0, 0.1) is 0 Å². The predicted octanol–water partition coefficient (Wildman–Crippen LogP) is 9.58. The number of anilines is 6. The fraction of sp³-hybridized carbons (Fsp3) is 0. The van der Waals surface area contributed by atoms with E-state index in [2.05, 4.69) is 201 Å². The first-order chi connectivity index (χ1) is 27.8. The molecule has 0 radical (unpaired) electrons. The smallest absolute Gasteiger partial charge is 0.332 e. The number of para-hydroxylation sites is 4. The number of nitrogens with zero attached hydrogens (tertiary/aromatic N) is 4. The maximum Gasteiger partial charge on any atom is 0.332 e. The average molecular weight is 708 g/mol. The molecule has 6 heterocycles. The molecule has 8 aromatic carbocycles. The highest BCUT2D eigenvalue weighted by Crippen LogP contribution is 2.51. The van der Waals surface area contributed by atoms with Gasteiger partial charge in [0.15, 0.2) is 0 Å². The van der Waals surface area contributed by atoms with Crippen LogP contribution in [0.25, 0.3) is 54.8 Å². The molecule has 0 N–H and O–H groups in total. The van der Waals surface area contributed by atoms with Crippen molar-refractivity contribution in [2.24, 2.45) is 0 Å². The number of rotatable bonds is 2. The quantitative estimate of drug-likeness (QED) is 0.167. The minimum atomic E-state index is -0.0212. The van der Waals surface area contributed by atoms with Gasteiger partial charge in [-0.15, -0.1) is 0 Å². The fourth-order valence-corrected chi connectivity index (χ4v) is 10.9. The van der Waals surface area contributed by atoms with Crippen LogP contribution < -0.4 is 31.7 Å². The summed E-state index contributed by atoms with van der Waals surface area (Å²) >= 11 is 0. The highest BCUT2D eigenvalue weighted by Gasteiger charge is 2.49. The van der Waals surface area contributed by atoms with Crippen LogP contribution in [-0.4, -0.2) is 22.7 Å². The predicted molar refractivity (Wildman–Crippen MR) is 236 cm³/mol. The maximum atomic E-state index is 2.59. The summed E-state index contributed by atoms with van der Waals surface area (Å²) in [5.74, 6) is 0. The van der Waals surface area contributed by atoms with Crippen LogP contribution in [0.4, 0.5) is 34.1 Å². The number of aromatic nitrogens is 2. The molecular formula is C50H30B2N4. The third kappa shape index (κ3) is 3.49. The zero-order valence-corrected chi connectivity index (χ0v) is 30.3. The Morgan fingerprint density at radius 1 is 0.357 bits per heavy atom. The fourth-order valence-electron chi connectivity index (χ4n) is 10.9. The zero-order chi connectivity index (χ0) is 36.2. The van der Waals surface area contributed by atoms with E-state index in [1.165, 1.54) is 105 Å². The lowest BCUT2D eigenvalue weighted by Crippen LogP contribution is -2.61. The molecule has 2 aromatic heterocycles. The van der Waals surface area contributed by atoms with E-state index in [9.17, 15) is 0 Å². The summed E-state index contributed by atoms with van der Waals surface area (Å²) in [7, 11) is 0. The monoisotopic (exact) mass is 708 g/mol. The Bertz CT molecular complexity index is 3350. The van der Waals surface area contributed by atoms with Crippen LogP contribution in [0.1, 0.15) is 0 Å². The summed E-state index contributed by atoms with van der Waals surface area (Å²) in [6, 6.07) is 63.6. The Hall–Kier alpha value is -7.17. The van der Waals surface area contributed by atoms with Gasteiger partial charge >= 0.3 is 13.7 Å². The molecule has 14 rings (SSSR count). The van der Waals surface area contributed by atoms with E-state index in [-0.39, 0.29) is 13.7 Å². The van der Waals surface area contributed by atoms with Crippen molar-refractivity contribution in [2.45, 2.75) is 0 Å². The highest BCUT2D eigenvalue weighted by molar-refractivity contribution is 6.92. The van der Waals surface area contributed by atoms with Gasteiger partial charge in [-0.3, -0.25) is 0 Å². The highest BCUT2D eigenvalue weighted by atomic mass is 15.2. The van der Waals surface area contributed by atoms with Gasteiger partial charge in [-0.25, -0.2) is 0 Å². The molecule has 0 aliphatic carbocycles. The van der Waals surface area contributed by atoms with Crippen molar-refractivity contribution in [1.29, 1.82) is 0 Å². The normalized spacial score (nSPS) is 13.9. The second-order valence-corrected chi connectivity index (χ2v) is 15.7. The van der Waals surface area contributed by atoms with Gasteiger partial charge in [0, 0.05) is 56.2 Å². The summed E-state index contributed by atoms with van der Waals surface area (Å²) in [6.07, 6.45) is 4.66. The van der Waals surface area contributed by atoms with Gasteiger partial charge in [0.25, 0.3) is 0 Å². The van der Waals surface area contributed by atoms with Crippen molar-refractivity contribution in [3.8, 4) is 22.3 Å². The van der Waals surface area contributed by atoms with E-state index in [4.69, 9.17) is 0 Å². The van der Waals surface area contributed by atoms with Crippen molar-refractivity contribution < 1.29 is 0 Å². The first-order valence-electron chi connectivity index (χ1n) is 19.6. The van der Waals surface area contributed by atoms with E-state index in [1.807, 2.05) is 0 Å². The summed E-state index contributed by atoms with van der Waals surface area (Å²) < 4.78 is 5.13. The summed E-state index contributed by atoms with van der Waals surface area (Å²) in [6.45, 7) is -0.0416. The van der Waals surface area contributed by atoms with Crippen LogP contribution in [0.5, 0.6) is 0 Å². The topological polar surface area (TPSA) is 16.3 Å². The number of fused-ring (bicyclic) bond motifs is 10. The third-order valence-corrected chi connectivity index (χ3v) is 13.0. The van der Waals surface area contributed by atoms with Crippen molar-refractivity contribution in [3.05, 3.63) is 182 Å². The Morgan fingerprint density at radius 2 is 0.929 bits per heavy atom. The van der Waals surface area contributed by atoms with Crippen molar-refractivity contribution in [2.75, 3.05) is 9.80 Å². The van der Waals surface area contributed by atoms with Gasteiger partial charge in [0.2, 0.25) is 0 Å². The molecule has 0 atom stereocenters. The average Bonchev–Trinajstić information content (AvgIpc) is 3.89. The molecule has 6 heteroatoms. The molecule has 0 saturated carbocycles. The molecule has 4 aliphatic heterocycles. The summed E-state index contributed by atoms with van der Waals surface area (Å²) in [5, 5.41) is 5.05. The van der Waals surface area contributed by atoms with Crippen molar-refractivity contribution in [3.63, 3.8) is 0 Å². The second kappa shape index (κ2) is 10.3. The number of benzene rings is 8. The van der Waals surface area contributed by atoms with E-state index >= 15 is 0 Å². The van der Waals surface area contributed by atoms with Gasteiger partial charge in [-0.05, 0) is 116 Å². The first-order valence-corrected chi connectivity index (χ1v) is 19.6. The molecule has 256 valence electrons. The summed E-state index contributed by atoms with van der Waals surface area (Å²) in [4.78, 5) is 5.15.